The molecule has 2 N–H and O–H groups in total. The topological polar surface area (TPSA) is 43.8 Å². The van der Waals surface area contributed by atoms with E-state index in [9.17, 15) is 0 Å². The van der Waals surface area contributed by atoms with Crippen molar-refractivity contribution in [3.8, 4) is 0 Å². The zero-order valence-electron chi connectivity index (χ0n) is 10.5. The summed E-state index contributed by atoms with van der Waals surface area (Å²) in [5, 5.41) is 0. The predicted molar refractivity (Wildman–Crippen MR) is 83.4 cm³/mol. The smallest absolute Gasteiger partial charge is 0.111 e. The van der Waals surface area contributed by atoms with E-state index in [1.54, 1.807) is 11.3 Å². The van der Waals surface area contributed by atoms with Crippen LogP contribution in [0.4, 0.5) is 0 Å². The van der Waals surface area contributed by atoms with Gasteiger partial charge in [0.05, 0.1) is 14.8 Å². The largest absolute Gasteiger partial charge is 0.331 e. The Labute approximate surface area is 124 Å². The molecule has 3 nitrogen and oxygen atoms in total. The number of para-hydroxylation sites is 2. The summed E-state index contributed by atoms with van der Waals surface area (Å²) in [5.41, 5.74) is 8.44. The summed E-state index contributed by atoms with van der Waals surface area (Å²) in [5.74, 6) is 1.03. The standard InChI is InChI=1S/C14H14BrN3S/c1-18-11-5-3-2-4-10(11)17-14(18)8-9(16)12-6-7-13(15)19-12/h2-7,9H,8,16H2,1H3. The number of nitrogens with zero attached hydrogens (tertiary/aromatic N) is 2. The van der Waals surface area contributed by atoms with Crippen LogP contribution in [0, 0.1) is 0 Å². The number of hydrogen-bond donors (Lipinski definition) is 1. The third kappa shape index (κ3) is 2.45. The van der Waals surface area contributed by atoms with E-state index in [0.29, 0.717) is 0 Å². The monoisotopic (exact) mass is 335 g/mol. The van der Waals surface area contributed by atoms with Gasteiger partial charge >= 0.3 is 0 Å². The van der Waals surface area contributed by atoms with E-state index >= 15 is 0 Å². The number of nitrogens with two attached hydrogens (primary N) is 1. The van der Waals surface area contributed by atoms with Crippen molar-refractivity contribution in [1.82, 2.24) is 9.55 Å². The molecule has 5 heteroatoms. The highest BCUT2D eigenvalue weighted by atomic mass is 79.9. The molecule has 0 radical (unpaired) electrons. The minimum Gasteiger partial charge on any atom is -0.331 e. The molecule has 98 valence electrons. The van der Waals surface area contributed by atoms with Gasteiger partial charge in [-0.3, -0.25) is 0 Å². The minimum absolute atomic E-state index is 0.00758. The van der Waals surface area contributed by atoms with Gasteiger partial charge in [0.15, 0.2) is 0 Å². The van der Waals surface area contributed by atoms with Crippen LogP contribution in [-0.4, -0.2) is 9.55 Å². The van der Waals surface area contributed by atoms with Gasteiger partial charge in [0.2, 0.25) is 0 Å². The van der Waals surface area contributed by atoms with Crippen LogP contribution in [0.3, 0.4) is 0 Å². The Hall–Kier alpha value is -1.17. The number of fused-ring (bicyclic) bond motifs is 1. The first-order chi connectivity index (χ1) is 9.15. The Kier molecular flexibility index (Phi) is 3.43. The lowest BCUT2D eigenvalue weighted by atomic mass is 10.2. The van der Waals surface area contributed by atoms with E-state index in [0.717, 1.165) is 27.1 Å². The van der Waals surface area contributed by atoms with E-state index in [1.807, 2.05) is 31.3 Å². The first kappa shape index (κ1) is 12.8. The van der Waals surface area contributed by atoms with Crippen molar-refractivity contribution in [2.75, 3.05) is 0 Å². The lowest BCUT2D eigenvalue weighted by Crippen LogP contribution is -2.14. The number of benzene rings is 1. The molecule has 1 aromatic carbocycles. The van der Waals surface area contributed by atoms with Crippen LogP contribution in [0.1, 0.15) is 16.7 Å². The highest BCUT2D eigenvalue weighted by molar-refractivity contribution is 9.11. The minimum atomic E-state index is -0.00758. The zero-order chi connectivity index (χ0) is 13.4. The van der Waals surface area contributed by atoms with Gasteiger partial charge in [0.25, 0.3) is 0 Å². The molecule has 1 unspecified atom stereocenters. The predicted octanol–water partition coefficient (Wildman–Crippen LogP) is 3.64. The molecule has 0 saturated carbocycles. The highest BCUT2D eigenvalue weighted by Crippen LogP contribution is 2.28. The summed E-state index contributed by atoms with van der Waals surface area (Å²) in [6.45, 7) is 0. The summed E-state index contributed by atoms with van der Waals surface area (Å²) in [7, 11) is 2.04. The molecule has 3 rings (SSSR count). The molecule has 2 aromatic heterocycles. The summed E-state index contributed by atoms with van der Waals surface area (Å²) in [4.78, 5) is 5.84. The fourth-order valence-electron chi connectivity index (χ4n) is 2.20. The van der Waals surface area contributed by atoms with Crippen LogP contribution in [-0.2, 0) is 13.5 Å². The average molecular weight is 336 g/mol. The van der Waals surface area contributed by atoms with E-state index < -0.39 is 0 Å². The van der Waals surface area contributed by atoms with Gasteiger partial charge in [-0.2, -0.15) is 0 Å². The Balaban J connectivity index is 1.91. The van der Waals surface area contributed by atoms with Crippen LogP contribution in [0.5, 0.6) is 0 Å². The second kappa shape index (κ2) is 5.07. The van der Waals surface area contributed by atoms with Gasteiger partial charge in [-0.15, -0.1) is 11.3 Å². The van der Waals surface area contributed by atoms with Crippen molar-refractivity contribution in [3.05, 3.63) is 50.9 Å². The number of rotatable bonds is 3. The normalized spacial score (nSPS) is 13.0. The van der Waals surface area contributed by atoms with Crippen LogP contribution in [0.25, 0.3) is 11.0 Å². The lowest BCUT2D eigenvalue weighted by Gasteiger charge is -2.09. The molecule has 0 amide bonds. The maximum Gasteiger partial charge on any atom is 0.111 e. The molecule has 0 aliphatic heterocycles. The molecule has 0 aliphatic carbocycles. The van der Waals surface area contributed by atoms with Gasteiger partial charge in [0, 0.05) is 24.4 Å². The van der Waals surface area contributed by atoms with Gasteiger partial charge in [-0.25, -0.2) is 4.98 Å². The third-order valence-electron chi connectivity index (χ3n) is 3.24. The van der Waals surface area contributed by atoms with Gasteiger partial charge < -0.3 is 10.3 Å². The fourth-order valence-corrected chi connectivity index (χ4v) is 3.63. The Morgan fingerprint density at radius 2 is 2.11 bits per heavy atom. The van der Waals surface area contributed by atoms with Crippen LogP contribution in [0.2, 0.25) is 0 Å². The Bertz CT molecular complexity index is 716. The van der Waals surface area contributed by atoms with Crippen molar-refractivity contribution in [2.45, 2.75) is 12.5 Å². The molecular weight excluding hydrogens is 322 g/mol. The first-order valence-corrected chi connectivity index (χ1v) is 7.67. The number of aromatic nitrogens is 2. The molecule has 0 bridgehead atoms. The first-order valence-electron chi connectivity index (χ1n) is 6.06. The van der Waals surface area contributed by atoms with Crippen molar-refractivity contribution >= 4 is 38.3 Å². The Morgan fingerprint density at radius 1 is 1.32 bits per heavy atom. The van der Waals surface area contributed by atoms with Crippen LogP contribution in [0.15, 0.2) is 40.2 Å². The molecular formula is C14H14BrN3S. The van der Waals surface area contributed by atoms with Crippen molar-refractivity contribution in [1.29, 1.82) is 0 Å². The summed E-state index contributed by atoms with van der Waals surface area (Å²) < 4.78 is 3.24. The maximum absolute atomic E-state index is 6.27. The molecule has 0 spiro atoms. The summed E-state index contributed by atoms with van der Waals surface area (Å²) in [6.07, 6.45) is 0.748. The molecule has 3 aromatic rings. The fraction of sp³-hybridized carbons (Fsp3) is 0.214. The summed E-state index contributed by atoms with van der Waals surface area (Å²) >= 11 is 5.15. The average Bonchev–Trinajstić information content (AvgIpc) is 2.96. The van der Waals surface area contributed by atoms with Gasteiger partial charge in [-0.05, 0) is 40.2 Å². The van der Waals surface area contributed by atoms with Gasteiger partial charge in [0.1, 0.15) is 5.82 Å². The van der Waals surface area contributed by atoms with E-state index in [1.165, 1.54) is 4.88 Å². The zero-order valence-corrected chi connectivity index (χ0v) is 12.9. The summed E-state index contributed by atoms with van der Waals surface area (Å²) in [6, 6.07) is 12.3. The quantitative estimate of drug-likeness (QED) is 0.794. The lowest BCUT2D eigenvalue weighted by molar-refractivity contribution is 0.675. The van der Waals surface area contributed by atoms with E-state index in [4.69, 9.17) is 5.73 Å². The van der Waals surface area contributed by atoms with Crippen molar-refractivity contribution in [2.24, 2.45) is 12.8 Å². The second-order valence-electron chi connectivity index (χ2n) is 4.53. The van der Waals surface area contributed by atoms with Gasteiger partial charge in [-0.1, -0.05) is 12.1 Å². The molecule has 19 heavy (non-hydrogen) atoms. The second-order valence-corrected chi connectivity index (χ2v) is 7.02. The number of hydrogen-bond acceptors (Lipinski definition) is 3. The van der Waals surface area contributed by atoms with E-state index in [-0.39, 0.29) is 6.04 Å². The molecule has 0 aliphatic rings. The third-order valence-corrected chi connectivity index (χ3v) is 5.00. The molecule has 1 atom stereocenters. The number of imidazole rings is 1. The SMILES string of the molecule is Cn1c(CC(N)c2ccc(Br)s2)nc2ccccc21. The van der Waals surface area contributed by atoms with Crippen LogP contribution >= 0.6 is 27.3 Å². The molecule has 0 saturated heterocycles. The van der Waals surface area contributed by atoms with Crippen molar-refractivity contribution in [3.63, 3.8) is 0 Å². The molecule has 2 heterocycles. The number of halogens is 1. The van der Waals surface area contributed by atoms with E-state index in [2.05, 4.69) is 37.6 Å². The molecule has 0 fully saturated rings. The number of thiophene rings is 1. The highest BCUT2D eigenvalue weighted by Gasteiger charge is 2.14. The maximum atomic E-state index is 6.27. The van der Waals surface area contributed by atoms with Crippen LogP contribution < -0.4 is 5.73 Å². The Morgan fingerprint density at radius 3 is 2.79 bits per heavy atom. The van der Waals surface area contributed by atoms with Crippen molar-refractivity contribution < 1.29 is 0 Å². The number of aryl methyl sites for hydroxylation is 1.